The third-order valence-electron chi connectivity index (χ3n) is 3.22. The van der Waals surface area contributed by atoms with Crippen molar-refractivity contribution < 1.29 is 5.11 Å². The summed E-state index contributed by atoms with van der Waals surface area (Å²) in [7, 11) is 0. The topological polar surface area (TPSA) is 98.7 Å². The standard InChI is InChI=1S/C17H12N4OS/c18-9-14-13(16-4-3-12(23-16)2-1-7-22)8-15(21-17(14)19)11-5-6-20-10-11/h3-6,8,10,20,22H,7H2,(H2,19,21). The molecule has 0 unspecified atom stereocenters. The summed E-state index contributed by atoms with van der Waals surface area (Å²) in [5.74, 6) is 5.68. The van der Waals surface area contributed by atoms with E-state index in [4.69, 9.17) is 10.8 Å². The van der Waals surface area contributed by atoms with Crippen LogP contribution in [-0.2, 0) is 0 Å². The van der Waals surface area contributed by atoms with E-state index < -0.39 is 0 Å². The second kappa shape index (κ2) is 6.37. The number of aliphatic hydroxyl groups excluding tert-OH is 1. The average molecular weight is 320 g/mol. The van der Waals surface area contributed by atoms with Crippen molar-refractivity contribution in [3.8, 4) is 39.6 Å². The van der Waals surface area contributed by atoms with E-state index >= 15 is 0 Å². The molecule has 3 aromatic rings. The first-order chi connectivity index (χ1) is 11.2. The van der Waals surface area contributed by atoms with Crippen molar-refractivity contribution in [2.75, 3.05) is 12.3 Å². The molecule has 0 spiro atoms. The molecule has 0 fully saturated rings. The van der Waals surface area contributed by atoms with Gasteiger partial charge in [0.25, 0.3) is 0 Å². The molecule has 6 heteroatoms. The SMILES string of the molecule is N#Cc1c(-c2ccc(C#CCO)s2)cc(-c2cc[nH]c2)nc1N. The zero-order valence-corrected chi connectivity index (χ0v) is 12.8. The molecule has 0 aromatic carbocycles. The van der Waals surface area contributed by atoms with E-state index in [1.54, 1.807) is 6.20 Å². The van der Waals surface area contributed by atoms with E-state index in [2.05, 4.69) is 27.9 Å². The lowest BCUT2D eigenvalue weighted by molar-refractivity contribution is 0.350. The number of H-pyrrole nitrogens is 1. The van der Waals surface area contributed by atoms with Crippen molar-refractivity contribution in [1.82, 2.24) is 9.97 Å². The van der Waals surface area contributed by atoms with E-state index in [9.17, 15) is 5.26 Å². The lowest BCUT2D eigenvalue weighted by Gasteiger charge is -2.07. The van der Waals surface area contributed by atoms with Crippen molar-refractivity contribution in [3.63, 3.8) is 0 Å². The fourth-order valence-electron chi connectivity index (χ4n) is 2.18. The number of aromatic amines is 1. The van der Waals surface area contributed by atoms with Crippen LogP contribution < -0.4 is 5.73 Å². The molecule has 3 aromatic heterocycles. The quantitative estimate of drug-likeness (QED) is 0.632. The Morgan fingerprint density at radius 3 is 2.91 bits per heavy atom. The van der Waals surface area contributed by atoms with Crippen LogP contribution in [0.15, 0.2) is 36.7 Å². The molecular formula is C17H12N4OS. The highest BCUT2D eigenvalue weighted by atomic mass is 32.1. The smallest absolute Gasteiger partial charge is 0.142 e. The normalized spacial score (nSPS) is 9.91. The second-order valence-electron chi connectivity index (χ2n) is 4.65. The number of nitrogens with one attached hydrogen (secondary N) is 1. The summed E-state index contributed by atoms with van der Waals surface area (Å²) in [6.45, 7) is -0.184. The number of hydrogen-bond donors (Lipinski definition) is 3. The van der Waals surface area contributed by atoms with Gasteiger partial charge in [0.2, 0.25) is 0 Å². The number of nitrogens with zero attached hydrogens (tertiary/aromatic N) is 2. The van der Waals surface area contributed by atoms with Gasteiger partial charge in [0, 0.05) is 28.4 Å². The molecular weight excluding hydrogens is 308 g/mol. The van der Waals surface area contributed by atoms with E-state index in [-0.39, 0.29) is 12.4 Å². The summed E-state index contributed by atoms with van der Waals surface area (Å²) >= 11 is 1.44. The molecule has 0 radical (unpaired) electrons. The van der Waals surface area contributed by atoms with Crippen molar-refractivity contribution in [1.29, 1.82) is 5.26 Å². The summed E-state index contributed by atoms with van der Waals surface area (Å²) in [5.41, 5.74) is 8.66. The van der Waals surface area contributed by atoms with Crippen molar-refractivity contribution in [2.45, 2.75) is 0 Å². The number of nitriles is 1. The number of aliphatic hydroxyl groups is 1. The first-order valence-corrected chi connectivity index (χ1v) is 7.58. The number of hydrogen-bond acceptors (Lipinski definition) is 5. The highest BCUT2D eigenvalue weighted by Crippen LogP contribution is 2.34. The first kappa shape index (κ1) is 14.9. The number of pyridine rings is 1. The molecule has 3 heterocycles. The van der Waals surface area contributed by atoms with Gasteiger partial charge in [-0.25, -0.2) is 4.98 Å². The molecule has 0 aliphatic rings. The van der Waals surface area contributed by atoms with Crippen LogP contribution in [0.4, 0.5) is 5.82 Å². The lowest BCUT2D eigenvalue weighted by Crippen LogP contribution is -1.98. The summed E-state index contributed by atoms with van der Waals surface area (Å²) in [6, 6.07) is 9.62. The Kier molecular flexibility index (Phi) is 4.11. The molecule has 3 rings (SSSR count). The van der Waals surface area contributed by atoms with Crippen molar-refractivity contribution >= 4 is 17.2 Å². The van der Waals surface area contributed by atoms with Crippen LogP contribution >= 0.6 is 11.3 Å². The van der Waals surface area contributed by atoms with Gasteiger partial charge < -0.3 is 15.8 Å². The van der Waals surface area contributed by atoms with Crippen LogP contribution in [0.2, 0.25) is 0 Å². The van der Waals surface area contributed by atoms with Crippen LogP contribution in [0.3, 0.4) is 0 Å². The van der Waals surface area contributed by atoms with E-state index in [1.807, 2.05) is 30.5 Å². The van der Waals surface area contributed by atoms with Gasteiger partial charge in [0.15, 0.2) is 0 Å². The van der Waals surface area contributed by atoms with E-state index in [1.165, 1.54) is 11.3 Å². The van der Waals surface area contributed by atoms with Crippen LogP contribution in [0.25, 0.3) is 21.7 Å². The zero-order chi connectivity index (χ0) is 16.2. The lowest BCUT2D eigenvalue weighted by atomic mass is 10.1. The van der Waals surface area contributed by atoms with Gasteiger partial charge >= 0.3 is 0 Å². The van der Waals surface area contributed by atoms with Crippen LogP contribution in [0.5, 0.6) is 0 Å². The van der Waals surface area contributed by atoms with Crippen LogP contribution in [0, 0.1) is 23.2 Å². The van der Waals surface area contributed by atoms with Crippen LogP contribution in [-0.4, -0.2) is 21.7 Å². The van der Waals surface area contributed by atoms with Crippen molar-refractivity contribution in [3.05, 3.63) is 47.1 Å². The third-order valence-corrected chi connectivity index (χ3v) is 4.25. The Morgan fingerprint density at radius 1 is 1.35 bits per heavy atom. The predicted octanol–water partition coefficient (Wildman–Crippen LogP) is 2.60. The number of nitrogen functional groups attached to an aromatic ring is 1. The molecule has 0 bridgehead atoms. The number of nitrogens with two attached hydrogens (primary N) is 1. The highest BCUT2D eigenvalue weighted by Gasteiger charge is 2.15. The maximum absolute atomic E-state index is 9.40. The summed E-state index contributed by atoms with van der Waals surface area (Å²) in [5, 5.41) is 18.2. The Balaban J connectivity index is 2.14. The summed E-state index contributed by atoms with van der Waals surface area (Å²) in [6.07, 6.45) is 3.63. The number of thiophene rings is 1. The second-order valence-corrected chi connectivity index (χ2v) is 5.73. The molecule has 0 amide bonds. The molecule has 5 nitrogen and oxygen atoms in total. The molecule has 4 N–H and O–H groups in total. The maximum atomic E-state index is 9.40. The molecule has 23 heavy (non-hydrogen) atoms. The number of aromatic nitrogens is 2. The van der Waals surface area contributed by atoms with Crippen molar-refractivity contribution in [2.24, 2.45) is 0 Å². The van der Waals surface area contributed by atoms with Gasteiger partial charge in [-0.05, 0) is 24.3 Å². The number of anilines is 1. The van der Waals surface area contributed by atoms with E-state index in [0.29, 0.717) is 11.3 Å². The minimum Gasteiger partial charge on any atom is -0.384 e. The monoisotopic (exact) mass is 320 g/mol. The fraction of sp³-hybridized carbons (Fsp3) is 0.0588. The molecule has 0 saturated heterocycles. The van der Waals surface area contributed by atoms with E-state index in [0.717, 1.165) is 20.9 Å². The fourth-order valence-corrected chi connectivity index (χ4v) is 3.09. The highest BCUT2D eigenvalue weighted by molar-refractivity contribution is 7.16. The minimum atomic E-state index is -0.184. The van der Waals surface area contributed by atoms with Gasteiger partial charge in [-0.15, -0.1) is 11.3 Å². The van der Waals surface area contributed by atoms with Gasteiger partial charge in [-0.1, -0.05) is 11.8 Å². The largest absolute Gasteiger partial charge is 0.384 e. The average Bonchev–Trinajstić information content (AvgIpc) is 3.23. The minimum absolute atomic E-state index is 0.184. The molecule has 0 aliphatic heterocycles. The predicted molar refractivity (Wildman–Crippen MR) is 90.4 cm³/mol. The molecule has 112 valence electrons. The summed E-state index contributed by atoms with van der Waals surface area (Å²) in [4.78, 5) is 8.99. The Morgan fingerprint density at radius 2 is 2.22 bits per heavy atom. The molecule has 0 atom stereocenters. The third kappa shape index (κ3) is 2.95. The van der Waals surface area contributed by atoms with Gasteiger partial charge in [-0.3, -0.25) is 0 Å². The van der Waals surface area contributed by atoms with Gasteiger partial charge in [0.1, 0.15) is 24.1 Å². The Labute approximate surface area is 137 Å². The summed E-state index contributed by atoms with van der Waals surface area (Å²) < 4.78 is 0. The number of rotatable bonds is 2. The van der Waals surface area contributed by atoms with Crippen LogP contribution in [0.1, 0.15) is 10.4 Å². The molecule has 0 saturated carbocycles. The molecule has 0 aliphatic carbocycles. The Bertz CT molecular complexity index is 939. The van der Waals surface area contributed by atoms with Gasteiger partial charge in [0.05, 0.1) is 10.6 Å². The maximum Gasteiger partial charge on any atom is 0.142 e. The van der Waals surface area contributed by atoms with Gasteiger partial charge in [-0.2, -0.15) is 5.26 Å². The first-order valence-electron chi connectivity index (χ1n) is 6.76. The Hall–Kier alpha value is -3.06. The zero-order valence-electron chi connectivity index (χ0n) is 12.0.